The van der Waals surface area contributed by atoms with E-state index < -0.39 is 36.8 Å². The van der Waals surface area contributed by atoms with E-state index in [-0.39, 0.29) is 22.0 Å². The molecule has 0 unspecified atom stereocenters. The van der Waals surface area contributed by atoms with Crippen LogP contribution in [0.15, 0.2) is 59.4 Å². The summed E-state index contributed by atoms with van der Waals surface area (Å²) in [7, 11) is 0. The maximum absolute atomic E-state index is 14.0. The van der Waals surface area contributed by atoms with Gasteiger partial charge < -0.3 is 24.9 Å². The first kappa shape index (κ1) is 22.0. The van der Waals surface area contributed by atoms with E-state index in [0.717, 1.165) is 0 Å². The second-order valence-electron chi connectivity index (χ2n) is 6.26. The molecule has 1 heterocycles. The number of amides is 2. The van der Waals surface area contributed by atoms with Crippen molar-refractivity contribution in [2.45, 2.75) is 0 Å². The van der Waals surface area contributed by atoms with Crippen LogP contribution in [0.4, 0.5) is 15.8 Å². The molecule has 0 aliphatic carbocycles. The Balaban J connectivity index is 1.54. The lowest BCUT2D eigenvalue weighted by atomic mass is 10.1. The number of halogens is 2. The molecule has 2 aromatic carbocycles. The Hall–Kier alpha value is -3.69. The van der Waals surface area contributed by atoms with Gasteiger partial charge in [-0.1, -0.05) is 23.7 Å². The maximum Gasteiger partial charge on any atom is 0.337 e. The minimum atomic E-state index is -1.27. The van der Waals surface area contributed by atoms with E-state index in [0.29, 0.717) is 11.1 Å². The normalized spacial score (nSPS) is 10.5. The molecule has 0 atom stereocenters. The largest absolute Gasteiger partial charge is 0.478 e. The molecular formula is C21H16ClFN2O6. The van der Waals surface area contributed by atoms with E-state index in [1.165, 1.54) is 48.9 Å². The number of anilines is 2. The van der Waals surface area contributed by atoms with Gasteiger partial charge in [-0.3, -0.25) is 9.59 Å². The first-order chi connectivity index (χ1) is 14.8. The number of carboxylic acid groups (broad SMARTS) is 1. The fourth-order valence-corrected chi connectivity index (χ4v) is 2.88. The predicted octanol–water partition coefficient (Wildman–Crippen LogP) is 4.03. The molecule has 0 radical (unpaired) electrons. The number of carboxylic acids is 1. The van der Waals surface area contributed by atoms with Crippen LogP contribution in [0.5, 0.6) is 0 Å². The van der Waals surface area contributed by atoms with Crippen molar-refractivity contribution in [2.75, 3.05) is 23.8 Å². The highest BCUT2D eigenvalue weighted by atomic mass is 35.5. The lowest BCUT2D eigenvalue weighted by molar-refractivity contribution is -0.125. The molecule has 0 fully saturated rings. The zero-order chi connectivity index (χ0) is 22.4. The molecule has 0 spiro atoms. The number of rotatable bonds is 8. The number of para-hydroxylation sites is 1. The molecule has 10 heteroatoms. The highest BCUT2D eigenvalue weighted by Gasteiger charge is 2.16. The number of carbonyl (C=O) groups excluding carboxylic acids is 2. The first-order valence-electron chi connectivity index (χ1n) is 8.86. The van der Waals surface area contributed by atoms with Gasteiger partial charge in [-0.15, -0.1) is 0 Å². The Morgan fingerprint density at radius 2 is 1.77 bits per heavy atom. The lowest BCUT2D eigenvalue weighted by Crippen LogP contribution is -2.25. The van der Waals surface area contributed by atoms with Crippen LogP contribution in [0, 0.1) is 5.82 Å². The minimum Gasteiger partial charge on any atom is -0.478 e. The number of ether oxygens (including phenoxy) is 1. The van der Waals surface area contributed by atoms with Crippen molar-refractivity contribution in [1.82, 2.24) is 0 Å². The Morgan fingerprint density at radius 3 is 2.45 bits per heavy atom. The van der Waals surface area contributed by atoms with E-state index in [1.807, 2.05) is 0 Å². The van der Waals surface area contributed by atoms with E-state index >= 15 is 0 Å². The summed E-state index contributed by atoms with van der Waals surface area (Å²) >= 11 is 5.93. The monoisotopic (exact) mass is 446 g/mol. The third kappa shape index (κ3) is 5.68. The van der Waals surface area contributed by atoms with Gasteiger partial charge in [0.15, 0.2) is 0 Å². The standard InChI is InChI=1S/C21H16ClFN2O6/c22-15-3-1-2-14(21(28)29)20(15)25-19(27)11-31-10-18(26)24-17-8-12(4-5-16(17)23)13-6-7-30-9-13/h1-9H,10-11H2,(H,24,26)(H,25,27)(H,28,29). The molecule has 8 nitrogen and oxygen atoms in total. The summed E-state index contributed by atoms with van der Waals surface area (Å²) in [6, 6.07) is 10.0. The summed E-state index contributed by atoms with van der Waals surface area (Å²) in [5.74, 6) is -3.30. The molecule has 31 heavy (non-hydrogen) atoms. The summed E-state index contributed by atoms with van der Waals surface area (Å²) in [5.41, 5.74) is 1.03. The third-order valence-corrected chi connectivity index (χ3v) is 4.38. The molecule has 3 aromatic rings. The number of nitrogens with one attached hydrogen (secondary N) is 2. The zero-order valence-corrected chi connectivity index (χ0v) is 16.6. The smallest absolute Gasteiger partial charge is 0.337 e. The van der Waals surface area contributed by atoms with Gasteiger partial charge in [-0.2, -0.15) is 0 Å². The number of furan rings is 1. The van der Waals surface area contributed by atoms with Gasteiger partial charge in [0.1, 0.15) is 19.0 Å². The van der Waals surface area contributed by atoms with Crippen molar-refractivity contribution in [3.05, 3.63) is 71.4 Å². The summed E-state index contributed by atoms with van der Waals surface area (Å²) < 4.78 is 24.0. The third-order valence-electron chi connectivity index (χ3n) is 4.07. The maximum atomic E-state index is 14.0. The molecule has 0 saturated heterocycles. The number of hydrogen-bond acceptors (Lipinski definition) is 5. The molecule has 0 saturated carbocycles. The second kappa shape index (κ2) is 9.88. The van der Waals surface area contributed by atoms with Crippen molar-refractivity contribution in [3.63, 3.8) is 0 Å². The van der Waals surface area contributed by atoms with Gasteiger partial charge in [0.25, 0.3) is 0 Å². The van der Waals surface area contributed by atoms with Crippen LogP contribution in [0.2, 0.25) is 5.02 Å². The lowest BCUT2D eigenvalue weighted by Gasteiger charge is -2.11. The summed E-state index contributed by atoms with van der Waals surface area (Å²) in [6.45, 7) is -1.08. The zero-order valence-electron chi connectivity index (χ0n) is 15.9. The van der Waals surface area contributed by atoms with E-state index in [1.54, 1.807) is 6.07 Å². The van der Waals surface area contributed by atoms with Gasteiger partial charge in [0.2, 0.25) is 11.8 Å². The summed E-state index contributed by atoms with van der Waals surface area (Å²) in [4.78, 5) is 35.3. The molecule has 160 valence electrons. The first-order valence-corrected chi connectivity index (χ1v) is 9.24. The van der Waals surface area contributed by atoms with Crippen molar-refractivity contribution in [1.29, 1.82) is 0 Å². The number of carbonyl (C=O) groups is 3. The average Bonchev–Trinajstić information content (AvgIpc) is 3.26. The highest BCUT2D eigenvalue weighted by molar-refractivity contribution is 6.34. The molecule has 0 aliphatic heterocycles. The van der Waals surface area contributed by atoms with E-state index in [2.05, 4.69) is 10.6 Å². The topological polar surface area (TPSA) is 118 Å². The molecule has 2 amide bonds. The van der Waals surface area contributed by atoms with Gasteiger partial charge in [-0.05, 0) is 35.9 Å². The van der Waals surface area contributed by atoms with Gasteiger partial charge in [-0.25, -0.2) is 9.18 Å². The fraction of sp³-hybridized carbons (Fsp3) is 0.0952. The number of hydrogen-bond donors (Lipinski definition) is 3. The van der Waals surface area contributed by atoms with Gasteiger partial charge >= 0.3 is 5.97 Å². The second-order valence-corrected chi connectivity index (χ2v) is 6.67. The SMILES string of the molecule is O=C(COCC(=O)Nc1c(Cl)cccc1C(=O)O)Nc1cc(-c2ccoc2)ccc1F. The minimum absolute atomic E-state index is 0.0407. The predicted molar refractivity (Wildman–Crippen MR) is 111 cm³/mol. The molecule has 1 aromatic heterocycles. The molecule has 0 aliphatic rings. The van der Waals surface area contributed by atoms with Crippen LogP contribution in [0.3, 0.4) is 0 Å². The van der Waals surface area contributed by atoms with Crippen LogP contribution in [-0.4, -0.2) is 36.1 Å². The molecular weight excluding hydrogens is 431 g/mol. The Bertz CT molecular complexity index is 1120. The summed E-state index contributed by atoms with van der Waals surface area (Å²) in [5, 5.41) is 13.9. The van der Waals surface area contributed by atoms with Crippen LogP contribution in [0.25, 0.3) is 11.1 Å². The van der Waals surface area contributed by atoms with Crippen LogP contribution >= 0.6 is 11.6 Å². The Morgan fingerprint density at radius 1 is 1.03 bits per heavy atom. The molecule has 0 bridgehead atoms. The quantitative estimate of drug-likeness (QED) is 0.481. The molecule has 3 rings (SSSR count). The Labute approximate surface area is 180 Å². The summed E-state index contributed by atoms with van der Waals surface area (Å²) in [6.07, 6.45) is 2.95. The van der Waals surface area contributed by atoms with E-state index in [4.69, 9.17) is 25.9 Å². The number of aromatic carboxylic acids is 1. The van der Waals surface area contributed by atoms with Crippen molar-refractivity contribution in [3.8, 4) is 11.1 Å². The van der Waals surface area contributed by atoms with Gasteiger partial charge in [0, 0.05) is 5.56 Å². The molecule has 3 N–H and O–H groups in total. The van der Waals surface area contributed by atoms with Crippen LogP contribution in [0.1, 0.15) is 10.4 Å². The van der Waals surface area contributed by atoms with Crippen LogP contribution in [-0.2, 0) is 14.3 Å². The highest BCUT2D eigenvalue weighted by Crippen LogP contribution is 2.26. The Kier molecular flexibility index (Phi) is 7.01. The van der Waals surface area contributed by atoms with E-state index in [9.17, 15) is 18.8 Å². The average molecular weight is 447 g/mol. The number of benzene rings is 2. The van der Waals surface area contributed by atoms with Crippen molar-refractivity contribution in [2.24, 2.45) is 0 Å². The van der Waals surface area contributed by atoms with Gasteiger partial charge in [0.05, 0.1) is 34.5 Å². The fourth-order valence-electron chi connectivity index (χ4n) is 2.66. The van der Waals surface area contributed by atoms with Crippen molar-refractivity contribution < 1.29 is 33.0 Å². The van der Waals surface area contributed by atoms with Crippen LogP contribution < -0.4 is 10.6 Å². The van der Waals surface area contributed by atoms with Crippen molar-refractivity contribution >= 4 is 40.8 Å².